The first-order valence-corrected chi connectivity index (χ1v) is 16.0. The van der Waals surface area contributed by atoms with Gasteiger partial charge >= 0.3 is 5.97 Å². The summed E-state index contributed by atoms with van der Waals surface area (Å²) in [4.78, 5) is 12.8. The minimum atomic E-state index is -1.81. The maximum Gasteiger partial charge on any atom is 0.338 e. The van der Waals surface area contributed by atoms with E-state index >= 15 is 0 Å². The Labute approximate surface area is 224 Å². The molecule has 0 atom stereocenters. The van der Waals surface area contributed by atoms with E-state index in [4.69, 9.17) is 13.9 Å². The predicted octanol–water partition coefficient (Wildman–Crippen LogP) is 8.19. The van der Waals surface area contributed by atoms with Crippen molar-refractivity contribution < 1.29 is 18.7 Å². The van der Waals surface area contributed by atoms with Crippen molar-refractivity contribution in [3.05, 3.63) is 100 Å². The molecule has 0 aliphatic carbocycles. The second kappa shape index (κ2) is 12.6. The van der Waals surface area contributed by atoms with Gasteiger partial charge in [0, 0.05) is 0 Å². The lowest BCUT2D eigenvalue weighted by Gasteiger charge is -2.36. The molecule has 37 heavy (non-hydrogen) atoms. The van der Waals surface area contributed by atoms with E-state index < -0.39 is 8.32 Å². The highest BCUT2D eigenvalue weighted by atomic mass is 28.4. The Kier molecular flexibility index (Phi) is 9.74. The Bertz CT molecular complexity index is 1180. The van der Waals surface area contributed by atoms with Crippen molar-refractivity contribution in [2.75, 3.05) is 6.61 Å². The number of hydrogen-bond donors (Lipinski definition) is 0. The molecule has 0 saturated carbocycles. The zero-order valence-electron chi connectivity index (χ0n) is 23.5. The van der Waals surface area contributed by atoms with Gasteiger partial charge in [-0.1, -0.05) is 80.9 Å². The van der Waals surface area contributed by atoms with Crippen molar-refractivity contribution in [2.24, 2.45) is 0 Å². The van der Waals surface area contributed by atoms with Crippen LogP contribution in [0.1, 0.15) is 65.4 Å². The van der Waals surface area contributed by atoms with Crippen LogP contribution in [-0.2, 0) is 28.8 Å². The van der Waals surface area contributed by atoms with Gasteiger partial charge in [0.15, 0.2) is 8.32 Å². The predicted molar refractivity (Wildman–Crippen MR) is 154 cm³/mol. The molecule has 0 saturated heterocycles. The molecule has 0 amide bonds. The third kappa shape index (κ3) is 8.31. The number of aryl methyl sites for hydroxylation is 3. The molecule has 4 nitrogen and oxygen atoms in total. The Morgan fingerprint density at radius 1 is 0.865 bits per heavy atom. The zero-order chi connectivity index (χ0) is 27.1. The molecule has 0 bridgehead atoms. The van der Waals surface area contributed by atoms with Gasteiger partial charge in [0.1, 0.15) is 12.4 Å². The second-order valence-corrected chi connectivity index (χ2v) is 16.1. The third-order valence-corrected chi connectivity index (χ3v) is 11.7. The van der Waals surface area contributed by atoms with Crippen molar-refractivity contribution in [1.29, 1.82) is 0 Å². The van der Waals surface area contributed by atoms with Gasteiger partial charge in [-0.25, -0.2) is 4.79 Å². The molecule has 3 rings (SSSR count). The number of carbonyl (C=O) groups excluding carboxylic acids is 1. The van der Waals surface area contributed by atoms with Crippen LogP contribution in [-0.4, -0.2) is 20.9 Å². The summed E-state index contributed by atoms with van der Waals surface area (Å²) in [5.74, 6) is 0.605. The molecule has 0 aromatic heterocycles. The summed E-state index contributed by atoms with van der Waals surface area (Å²) in [6, 6.07) is 22.0. The highest BCUT2D eigenvalue weighted by Gasteiger charge is 2.37. The third-order valence-electron chi connectivity index (χ3n) is 7.20. The van der Waals surface area contributed by atoms with Crippen molar-refractivity contribution >= 4 is 14.3 Å². The molecule has 0 aliphatic heterocycles. The van der Waals surface area contributed by atoms with E-state index in [2.05, 4.69) is 65.1 Å². The maximum absolute atomic E-state index is 12.8. The minimum Gasteiger partial charge on any atom is -0.493 e. The lowest BCUT2D eigenvalue weighted by Crippen LogP contribution is -2.40. The summed E-state index contributed by atoms with van der Waals surface area (Å²) in [5.41, 5.74) is 5.97. The Morgan fingerprint density at radius 2 is 1.59 bits per heavy atom. The smallest absolute Gasteiger partial charge is 0.338 e. The summed E-state index contributed by atoms with van der Waals surface area (Å²) in [5, 5.41) is 0.180. The van der Waals surface area contributed by atoms with Crippen LogP contribution in [0.5, 0.6) is 5.75 Å². The van der Waals surface area contributed by atoms with E-state index in [-0.39, 0.29) is 17.6 Å². The monoisotopic (exact) mass is 518 g/mol. The normalized spacial score (nSPS) is 11.9. The van der Waals surface area contributed by atoms with Crippen LogP contribution in [0, 0.1) is 13.8 Å². The molecule has 198 valence electrons. The first-order chi connectivity index (χ1) is 17.5. The van der Waals surface area contributed by atoms with Gasteiger partial charge in [0.25, 0.3) is 0 Å². The number of carbonyl (C=O) groups is 1. The average molecular weight is 519 g/mol. The molecular formula is C32H42O4Si. The summed E-state index contributed by atoms with van der Waals surface area (Å²) >= 11 is 0. The molecule has 3 aromatic rings. The minimum absolute atomic E-state index is 0.180. The Hall–Kier alpha value is -2.89. The van der Waals surface area contributed by atoms with Gasteiger partial charge in [-0.15, -0.1) is 0 Å². The first kappa shape index (κ1) is 28.7. The second-order valence-electron chi connectivity index (χ2n) is 11.3. The SMILES string of the molecule is Cc1ccc(C(=O)OCc2ccccc2)c(CCCOc2cc(CO[Si](C)(C)C(C)(C)C)ccc2C)c1. The number of benzene rings is 3. The summed E-state index contributed by atoms with van der Waals surface area (Å²) < 4.78 is 18.2. The van der Waals surface area contributed by atoms with E-state index in [0.29, 0.717) is 18.8 Å². The molecule has 0 radical (unpaired) electrons. The van der Waals surface area contributed by atoms with Crippen LogP contribution >= 0.6 is 0 Å². The van der Waals surface area contributed by atoms with Crippen LogP contribution in [0.4, 0.5) is 0 Å². The van der Waals surface area contributed by atoms with E-state index in [0.717, 1.165) is 46.4 Å². The van der Waals surface area contributed by atoms with Crippen molar-refractivity contribution in [3.8, 4) is 5.75 Å². The fraction of sp³-hybridized carbons (Fsp3) is 0.406. The number of rotatable bonds is 11. The number of ether oxygens (including phenoxy) is 2. The molecule has 0 aliphatic rings. The lowest BCUT2D eigenvalue weighted by atomic mass is 10.0. The fourth-order valence-corrected chi connectivity index (χ4v) is 4.70. The van der Waals surface area contributed by atoms with Crippen LogP contribution < -0.4 is 4.74 Å². The van der Waals surface area contributed by atoms with Crippen molar-refractivity contribution in [2.45, 2.75) is 78.8 Å². The van der Waals surface area contributed by atoms with Crippen molar-refractivity contribution in [3.63, 3.8) is 0 Å². The zero-order valence-corrected chi connectivity index (χ0v) is 24.5. The molecular weight excluding hydrogens is 476 g/mol. The molecule has 0 fully saturated rings. The number of hydrogen-bond acceptors (Lipinski definition) is 4. The Balaban J connectivity index is 1.57. The summed E-state index contributed by atoms with van der Waals surface area (Å²) in [6.07, 6.45) is 1.54. The van der Waals surface area contributed by atoms with Gasteiger partial charge in [0.2, 0.25) is 0 Å². The molecule has 5 heteroatoms. The number of esters is 1. The first-order valence-electron chi connectivity index (χ1n) is 13.1. The fourth-order valence-electron chi connectivity index (χ4n) is 3.74. The summed E-state index contributed by atoms with van der Waals surface area (Å²) in [6.45, 7) is 16.9. The van der Waals surface area contributed by atoms with Gasteiger partial charge in [-0.05, 0) is 79.2 Å². The molecule has 0 spiro atoms. The quantitative estimate of drug-likeness (QED) is 0.146. The van der Waals surface area contributed by atoms with Crippen LogP contribution in [0.3, 0.4) is 0 Å². The van der Waals surface area contributed by atoms with Crippen LogP contribution in [0.2, 0.25) is 18.1 Å². The van der Waals surface area contributed by atoms with Gasteiger partial charge in [-0.3, -0.25) is 0 Å². The largest absolute Gasteiger partial charge is 0.493 e. The average Bonchev–Trinajstić information content (AvgIpc) is 2.85. The van der Waals surface area contributed by atoms with Crippen LogP contribution in [0.15, 0.2) is 66.7 Å². The van der Waals surface area contributed by atoms with Crippen LogP contribution in [0.25, 0.3) is 0 Å². The highest BCUT2D eigenvalue weighted by Crippen LogP contribution is 2.37. The molecule has 3 aromatic carbocycles. The summed E-state index contributed by atoms with van der Waals surface area (Å²) in [7, 11) is -1.81. The van der Waals surface area contributed by atoms with Gasteiger partial charge in [0.05, 0.1) is 18.8 Å². The molecule has 0 N–H and O–H groups in total. The van der Waals surface area contributed by atoms with Gasteiger partial charge < -0.3 is 13.9 Å². The van der Waals surface area contributed by atoms with E-state index in [9.17, 15) is 4.79 Å². The maximum atomic E-state index is 12.8. The van der Waals surface area contributed by atoms with E-state index in [1.54, 1.807) is 0 Å². The standard InChI is InChI=1S/C32H42O4Si/c1-24-15-18-29(31(33)35-22-26-12-9-8-10-13-26)28(20-24)14-11-19-34-30-21-27(17-16-25(30)2)23-36-37(6,7)32(3,4)5/h8-10,12-13,15-18,20-21H,11,14,19,22-23H2,1-7H3. The van der Waals surface area contributed by atoms with Crippen molar-refractivity contribution in [1.82, 2.24) is 0 Å². The van der Waals surface area contributed by atoms with E-state index in [1.165, 1.54) is 0 Å². The molecule has 0 heterocycles. The van der Waals surface area contributed by atoms with Gasteiger partial charge in [-0.2, -0.15) is 0 Å². The lowest BCUT2D eigenvalue weighted by molar-refractivity contribution is 0.0471. The topological polar surface area (TPSA) is 44.8 Å². The highest BCUT2D eigenvalue weighted by molar-refractivity contribution is 6.74. The molecule has 0 unspecified atom stereocenters. The van der Waals surface area contributed by atoms with E-state index in [1.807, 2.05) is 49.4 Å². The Morgan fingerprint density at radius 3 is 2.30 bits per heavy atom.